The van der Waals surface area contributed by atoms with Gasteiger partial charge in [0.1, 0.15) is 7.42 Å². The summed E-state index contributed by atoms with van der Waals surface area (Å²) in [6.45, 7) is 2.48. The molecule has 0 amide bonds. The zero-order valence-electron chi connectivity index (χ0n) is 6.16. The molecule has 0 unspecified atom stereocenters. The van der Waals surface area contributed by atoms with E-state index in [1.807, 2.05) is 11.4 Å². The molecule has 0 bridgehead atoms. The molecule has 1 heterocycles. The Bertz CT molecular complexity index is 91.0. The standard InChI is InChI=1S/C5H13N2PS/c1-6-4-5-7(2)8(6)9-3/h4-5H2,1-3H3. The molecule has 1 aliphatic heterocycles. The molecule has 1 saturated heterocycles. The molecule has 4 heteroatoms. The van der Waals surface area contributed by atoms with Gasteiger partial charge in [-0.2, -0.15) is 0 Å². The molecule has 1 aliphatic rings. The molecule has 0 aromatic carbocycles. The fraction of sp³-hybridized carbons (Fsp3) is 1.00. The van der Waals surface area contributed by atoms with Crippen molar-refractivity contribution in [3.8, 4) is 0 Å². The molecule has 0 spiro atoms. The van der Waals surface area contributed by atoms with E-state index in [2.05, 4.69) is 29.7 Å². The zero-order chi connectivity index (χ0) is 6.85. The third kappa shape index (κ3) is 1.58. The second-order valence-electron chi connectivity index (χ2n) is 2.20. The lowest BCUT2D eigenvalue weighted by molar-refractivity contribution is 0.553. The maximum Gasteiger partial charge on any atom is 0.102 e. The van der Waals surface area contributed by atoms with Crippen molar-refractivity contribution in [1.29, 1.82) is 0 Å². The third-order valence-corrected chi connectivity index (χ3v) is 6.04. The second kappa shape index (κ2) is 3.20. The minimum atomic E-state index is 0.0180. The number of likely N-dealkylation sites (N-methyl/N-ethyl adjacent to an activating group) is 2. The maximum atomic E-state index is 2.43. The molecular weight excluding hydrogens is 151 g/mol. The first-order valence-electron chi connectivity index (χ1n) is 3.02. The van der Waals surface area contributed by atoms with Crippen LogP contribution in [0.25, 0.3) is 0 Å². The van der Waals surface area contributed by atoms with E-state index < -0.39 is 0 Å². The van der Waals surface area contributed by atoms with Crippen LogP contribution in [-0.4, -0.2) is 42.8 Å². The maximum absolute atomic E-state index is 2.43. The van der Waals surface area contributed by atoms with Gasteiger partial charge in [-0.05, 0) is 20.4 Å². The van der Waals surface area contributed by atoms with E-state index in [-0.39, 0.29) is 7.42 Å². The molecule has 0 radical (unpaired) electrons. The van der Waals surface area contributed by atoms with Gasteiger partial charge in [-0.1, -0.05) is 0 Å². The van der Waals surface area contributed by atoms with Crippen molar-refractivity contribution in [3.63, 3.8) is 0 Å². The Kier molecular flexibility index (Phi) is 2.77. The average molecular weight is 164 g/mol. The molecule has 54 valence electrons. The first kappa shape index (κ1) is 7.80. The highest BCUT2D eigenvalue weighted by Gasteiger charge is 2.24. The minimum absolute atomic E-state index is 0.0180. The minimum Gasteiger partial charge on any atom is -0.263 e. The molecule has 1 fully saturated rings. The van der Waals surface area contributed by atoms with Gasteiger partial charge in [-0.25, -0.2) is 0 Å². The highest BCUT2D eigenvalue weighted by Crippen LogP contribution is 2.55. The van der Waals surface area contributed by atoms with Crippen molar-refractivity contribution in [2.24, 2.45) is 0 Å². The first-order valence-corrected chi connectivity index (χ1v) is 6.09. The van der Waals surface area contributed by atoms with Gasteiger partial charge in [0.15, 0.2) is 0 Å². The Morgan fingerprint density at radius 2 is 1.67 bits per heavy atom. The summed E-state index contributed by atoms with van der Waals surface area (Å²) in [6.07, 6.45) is 2.18. The van der Waals surface area contributed by atoms with Gasteiger partial charge in [0.25, 0.3) is 0 Å². The van der Waals surface area contributed by atoms with Crippen molar-refractivity contribution in [2.45, 2.75) is 0 Å². The van der Waals surface area contributed by atoms with E-state index in [0.29, 0.717) is 0 Å². The van der Waals surface area contributed by atoms with Crippen LogP contribution in [0.3, 0.4) is 0 Å². The quantitative estimate of drug-likeness (QED) is 0.542. The lowest BCUT2D eigenvalue weighted by Crippen LogP contribution is -2.05. The van der Waals surface area contributed by atoms with Crippen LogP contribution in [0, 0.1) is 0 Å². The van der Waals surface area contributed by atoms with Crippen molar-refractivity contribution in [2.75, 3.05) is 33.4 Å². The van der Waals surface area contributed by atoms with Crippen LogP contribution < -0.4 is 0 Å². The van der Waals surface area contributed by atoms with E-state index in [4.69, 9.17) is 0 Å². The topological polar surface area (TPSA) is 6.48 Å². The van der Waals surface area contributed by atoms with Crippen LogP contribution in [-0.2, 0) is 0 Å². The van der Waals surface area contributed by atoms with E-state index in [0.717, 1.165) is 0 Å². The summed E-state index contributed by atoms with van der Waals surface area (Å²) in [5, 5.41) is 0. The third-order valence-electron chi connectivity index (χ3n) is 1.49. The van der Waals surface area contributed by atoms with Crippen molar-refractivity contribution >= 4 is 18.8 Å². The predicted molar refractivity (Wildman–Crippen MR) is 45.7 cm³/mol. The Hall–Kier alpha value is 0.700. The summed E-state index contributed by atoms with van der Waals surface area (Å²) >= 11 is 1.97. The van der Waals surface area contributed by atoms with Gasteiger partial charge in [-0.3, -0.25) is 9.34 Å². The lowest BCUT2D eigenvalue weighted by atomic mass is 10.6. The highest BCUT2D eigenvalue weighted by atomic mass is 32.7. The Morgan fingerprint density at radius 3 is 1.89 bits per heavy atom. The Balaban J connectivity index is 2.44. The van der Waals surface area contributed by atoms with Crippen molar-refractivity contribution in [1.82, 2.24) is 9.34 Å². The van der Waals surface area contributed by atoms with Gasteiger partial charge in [-0.15, -0.1) is 11.4 Å². The van der Waals surface area contributed by atoms with Crippen LogP contribution in [0.1, 0.15) is 0 Å². The first-order chi connectivity index (χ1) is 4.25. The van der Waals surface area contributed by atoms with Crippen LogP contribution in [0.4, 0.5) is 0 Å². The fourth-order valence-electron chi connectivity index (χ4n) is 1.000. The molecular formula is C5H13N2PS. The molecule has 0 saturated carbocycles. The van der Waals surface area contributed by atoms with Crippen LogP contribution >= 0.6 is 18.8 Å². The Morgan fingerprint density at radius 1 is 1.22 bits per heavy atom. The number of hydrogen-bond acceptors (Lipinski definition) is 3. The molecule has 2 nitrogen and oxygen atoms in total. The molecule has 0 aromatic heterocycles. The van der Waals surface area contributed by atoms with Crippen molar-refractivity contribution in [3.05, 3.63) is 0 Å². The monoisotopic (exact) mass is 164 g/mol. The molecule has 9 heavy (non-hydrogen) atoms. The molecule has 0 N–H and O–H groups in total. The summed E-state index contributed by atoms with van der Waals surface area (Å²) in [5.74, 6) is 0. The normalized spacial score (nSPS) is 25.7. The van der Waals surface area contributed by atoms with Gasteiger partial charge >= 0.3 is 0 Å². The lowest BCUT2D eigenvalue weighted by Gasteiger charge is -2.20. The predicted octanol–water partition coefficient (Wildman–Crippen LogP) is 1.45. The summed E-state index contributed by atoms with van der Waals surface area (Å²) in [6, 6.07) is 0. The number of hydrogen-bond donors (Lipinski definition) is 0. The van der Waals surface area contributed by atoms with E-state index in [1.54, 1.807) is 0 Å². The molecule has 0 aliphatic carbocycles. The van der Waals surface area contributed by atoms with E-state index in [1.165, 1.54) is 13.1 Å². The average Bonchev–Trinajstić information content (AvgIpc) is 2.12. The van der Waals surface area contributed by atoms with E-state index in [9.17, 15) is 0 Å². The highest BCUT2D eigenvalue weighted by molar-refractivity contribution is 8.54. The van der Waals surface area contributed by atoms with E-state index >= 15 is 0 Å². The molecule has 1 rings (SSSR count). The summed E-state index contributed by atoms with van der Waals surface area (Å²) in [5.41, 5.74) is 0. The summed E-state index contributed by atoms with van der Waals surface area (Å²) in [4.78, 5) is 0. The zero-order valence-corrected chi connectivity index (χ0v) is 7.88. The molecule has 0 aromatic rings. The largest absolute Gasteiger partial charge is 0.263 e. The van der Waals surface area contributed by atoms with Crippen molar-refractivity contribution < 1.29 is 0 Å². The molecule has 0 atom stereocenters. The van der Waals surface area contributed by atoms with Gasteiger partial charge in [0.05, 0.1) is 0 Å². The second-order valence-corrected chi connectivity index (χ2v) is 6.51. The number of nitrogens with zero attached hydrogens (tertiary/aromatic N) is 2. The number of rotatable bonds is 1. The summed E-state index contributed by atoms with van der Waals surface area (Å²) in [7, 11) is 4.42. The van der Waals surface area contributed by atoms with Gasteiger partial charge in [0.2, 0.25) is 0 Å². The van der Waals surface area contributed by atoms with Gasteiger partial charge in [0, 0.05) is 13.1 Å². The van der Waals surface area contributed by atoms with Crippen LogP contribution in [0.5, 0.6) is 0 Å². The SMILES string of the molecule is CSP1N(C)CCN1C. The smallest absolute Gasteiger partial charge is 0.102 e. The van der Waals surface area contributed by atoms with Crippen LogP contribution in [0.2, 0.25) is 0 Å². The Labute approximate surface area is 62.2 Å². The fourth-order valence-corrected chi connectivity index (χ4v) is 4.76. The van der Waals surface area contributed by atoms with Gasteiger partial charge < -0.3 is 0 Å². The summed E-state index contributed by atoms with van der Waals surface area (Å²) < 4.78 is 4.86. The van der Waals surface area contributed by atoms with Crippen LogP contribution in [0.15, 0.2) is 0 Å².